The van der Waals surface area contributed by atoms with E-state index in [1.54, 1.807) is 25.2 Å². The molecule has 3 heteroatoms. The third kappa shape index (κ3) is 7.25. The largest absolute Gasteiger partial charge is 0.492 e. The Labute approximate surface area is 77.4 Å². The monoisotopic (exact) mass is 188 g/mol. The molecule has 0 aliphatic heterocycles. The molecule has 0 rings (SSSR count). The van der Waals surface area contributed by atoms with Crippen LogP contribution in [0.3, 0.4) is 0 Å². The topological polar surface area (TPSA) is 9.23 Å². The highest BCUT2D eigenvalue weighted by molar-refractivity contribution is 5.21. The van der Waals surface area contributed by atoms with E-state index in [1.807, 2.05) is 6.92 Å². The second-order valence-corrected chi connectivity index (χ2v) is 2.60. The van der Waals surface area contributed by atoms with Crippen LogP contribution in [-0.2, 0) is 4.74 Å². The highest BCUT2D eigenvalue weighted by Gasteiger charge is 2.01. The molecular formula is C10H14F2O. The fraction of sp³-hybridized carbons (Fsp3) is 0.400. The van der Waals surface area contributed by atoms with Crippen LogP contribution in [0.15, 0.2) is 36.1 Å². The molecule has 0 fully saturated rings. The maximum absolute atomic E-state index is 11.7. The summed E-state index contributed by atoms with van der Waals surface area (Å²) < 4.78 is 28.2. The minimum atomic E-state index is -2.42. The van der Waals surface area contributed by atoms with Gasteiger partial charge in [0.2, 0.25) is 0 Å². The normalized spacial score (nSPS) is 13.3. The molecule has 0 spiro atoms. The lowest BCUT2D eigenvalue weighted by Gasteiger charge is -2.04. The zero-order chi connectivity index (χ0) is 10.3. The summed E-state index contributed by atoms with van der Waals surface area (Å²) in [5.74, 6) is 0.482. The van der Waals surface area contributed by atoms with Crippen molar-refractivity contribution in [2.75, 3.05) is 6.61 Å². The van der Waals surface area contributed by atoms with Gasteiger partial charge in [-0.3, -0.25) is 0 Å². The maximum Gasteiger partial charge on any atom is 0.272 e. The van der Waals surface area contributed by atoms with E-state index < -0.39 is 13.0 Å². The van der Waals surface area contributed by atoms with Crippen LogP contribution in [0, 0.1) is 0 Å². The SMILES string of the molecule is C=C/C=C(C)\C=C(/C)OCC(F)F. The molecule has 0 heterocycles. The fourth-order valence-corrected chi connectivity index (χ4v) is 0.791. The van der Waals surface area contributed by atoms with Crippen molar-refractivity contribution in [1.29, 1.82) is 0 Å². The summed E-state index contributed by atoms with van der Waals surface area (Å²) in [5.41, 5.74) is 0.918. The molecule has 74 valence electrons. The highest BCUT2D eigenvalue weighted by Crippen LogP contribution is 2.05. The molecule has 0 aromatic carbocycles. The van der Waals surface area contributed by atoms with Crippen molar-refractivity contribution in [2.24, 2.45) is 0 Å². The Hall–Kier alpha value is -1.12. The zero-order valence-corrected chi connectivity index (χ0v) is 7.89. The molecule has 0 saturated heterocycles. The van der Waals surface area contributed by atoms with Gasteiger partial charge >= 0.3 is 0 Å². The molecule has 0 aromatic heterocycles. The molecular weight excluding hydrogens is 174 g/mol. The van der Waals surface area contributed by atoms with Crippen LogP contribution in [0.2, 0.25) is 0 Å². The molecule has 1 nitrogen and oxygen atoms in total. The first-order valence-corrected chi connectivity index (χ1v) is 3.95. The third-order valence-corrected chi connectivity index (χ3v) is 1.25. The second-order valence-electron chi connectivity index (χ2n) is 2.60. The van der Waals surface area contributed by atoms with Gasteiger partial charge in [-0.15, -0.1) is 0 Å². The van der Waals surface area contributed by atoms with E-state index in [-0.39, 0.29) is 0 Å². The van der Waals surface area contributed by atoms with Gasteiger partial charge < -0.3 is 4.74 Å². The second kappa shape index (κ2) is 6.40. The zero-order valence-electron chi connectivity index (χ0n) is 7.89. The highest BCUT2D eigenvalue weighted by atomic mass is 19.3. The van der Waals surface area contributed by atoms with E-state index in [2.05, 4.69) is 6.58 Å². The van der Waals surface area contributed by atoms with Crippen LogP contribution in [0.5, 0.6) is 0 Å². The molecule has 0 saturated carbocycles. The van der Waals surface area contributed by atoms with Gasteiger partial charge in [0.05, 0.1) is 5.76 Å². The van der Waals surface area contributed by atoms with Crippen molar-refractivity contribution in [3.8, 4) is 0 Å². The average Bonchev–Trinajstić information content (AvgIpc) is 2.01. The summed E-state index contributed by atoms with van der Waals surface area (Å²) >= 11 is 0. The molecule has 0 bridgehead atoms. The first-order valence-electron chi connectivity index (χ1n) is 3.95. The van der Waals surface area contributed by atoms with Crippen molar-refractivity contribution < 1.29 is 13.5 Å². The number of alkyl halides is 2. The van der Waals surface area contributed by atoms with Crippen LogP contribution in [-0.4, -0.2) is 13.0 Å². The van der Waals surface area contributed by atoms with Gasteiger partial charge in [-0.2, -0.15) is 0 Å². The predicted molar refractivity (Wildman–Crippen MR) is 49.7 cm³/mol. The van der Waals surface area contributed by atoms with Gasteiger partial charge in [0, 0.05) is 0 Å². The van der Waals surface area contributed by atoms with E-state index in [4.69, 9.17) is 4.74 Å². The first kappa shape index (κ1) is 11.9. The quantitative estimate of drug-likeness (QED) is 0.475. The average molecular weight is 188 g/mol. The number of rotatable bonds is 5. The minimum Gasteiger partial charge on any atom is -0.492 e. The molecule has 0 atom stereocenters. The van der Waals surface area contributed by atoms with Gasteiger partial charge in [-0.25, -0.2) is 8.78 Å². The fourth-order valence-electron chi connectivity index (χ4n) is 0.791. The Morgan fingerprint density at radius 1 is 1.46 bits per heavy atom. The number of hydrogen-bond donors (Lipinski definition) is 0. The molecule has 0 N–H and O–H groups in total. The van der Waals surface area contributed by atoms with Crippen LogP contribution < -0.4 is 0 Å². The van der Waals surface area contributed by atoms with Gasteiger partial charge in [0.15, 0.2) is 0 Å². The predicted octanol–water partition coefficient (Wildman–Crippen LogP) is 3.30. The van der Waals surface area contributed by atoms with Crippen molar-refractivity contribution >= 4 is 0 Å². The number of halogens is 2. The van der Waals surface area contributed by atoms with Crippen molar-refractivity contribution in [3.05, 3.63) is 36.1 Å². The van der Waals surface area contributed by atoms with Crippen molar-refractivity contribution in [3.63, 3.8) is 0 Å². The lowest BCUT2D eigenvalue weighted by atomic mass is 10.2. The number of hydrogen-bond acceptors (Lipinski definition) is 1. The summed E-state index contributed by atoms with van der Waals surface area (Å²) in [6.07, 6.45) is 2.66. The summed E-state index contributed by atoms with van der Waals surface area (Å²) in [6, 6.07) is 0. The van der Waals surface area contributed by atoms with Gasteiger partial charge in [-0.05, 0) is 25.5 Å². The molecule has 13 heavy (non-hydrogen) atoms. The summed E-state index contributed by atoms with van der Waals surface area (Å²) in [7, 11) is 0. The standard InChI is InChI=1S/C10H14F2O/c1-4-5-8(2)6-9(3)13-7-10(11)12/h4-6,10H,1,7H2,2-3H3/b8-5-,9-6+. The Morgan fingerprint density at radius 2 is 2.08 bits per heavy atom. The van der Waals surface area contributed by atoms with Crippen LogP contribution in [0.4, 0.5) is 8.78 Å². The number of ether oxygens (including phenoxy) is 1. The first-order chi connectivity index (χ1) is 6.06. The number of allylic oxidation sites excluding steroid dienone is 5. The Morgan fingerprint density at radius 3 is 2.54 bits per heavy atom. The van der Waals surface area contributed by atoms with E-state index in [1.165, 1.54) is 0 Å². The van der Waals surface area contributed by atoms with Crippen LogP contribution in [0.1, 0.15) is 13.8 Å². The van der Waals surface area contributed by atoms with E-state index in [0.717, 1.165) is 5.57 Å². The van der Waals surface area contributed by atoms with E-state index in [9.17, 15) is 8.78 Å². The Bertz CT molecular complexity index is 217. The molecule has 0 aromatic rings. The molecule has 0 aliphatic rings. The molecule has 0 unspecified atom stereocenters. The summed E-state index contributed by atoms with van der Waals surface area (Å²) in [6.45, 7) is 6.45. The lowest BCUT2D eigenvalue weighted by Crippen LogP contribution is -2.02. The lowest BCUT2D eigenvalue weighted by molar-refractivity contribution is 0.0493. The summed E-state index contributed by atoms with van der Waals surface area (Å²) in [5, 5.41) is 0. The molecule has 0 radical (unpaired) electrons. The minimum absolute atomic E-state index is 0.482. The molecule has 0 amide bonds. The van der Waals surface area contributed by atoms with Crippen LogP contribution in [0.25, 0.3) is 0 Å². The van der Waals surface area contributed by atoms with E-state index in [0.29, 0.717) is 5.76 Å². The van der Waals surface area contributed by atoms with Gasteiger partial charge in [0.1, 0.15) is 6.61 Å². The van der Waals surface area contributed by atoms with Gasteiger partial charge in [0.25, 0.3) is 6.43 Å². The molecule has 0 aliphatic carbocycles. The van der Waals surface area contributed by atoms with Crippen molar-refractivity contribution in [2.45, 2.75) is 20.3 Å². The third-order valence-electron chi connectivity index (χ3n) is 1.25. The summed E-state index contributed by atoms with van der Waals surface area (Å²) in [4.78, 5) is 0. The van der Waals surface area contributed by atoms with E-state index >= 15 is 0 Å². The maximum atomic E-state index is 11.7. The smallest absolute Gasteiger partial charge is 0.272 e. The Balaban J connectivity index is 4.01. The Kier molecular flexibility index (Phi) is 5.85. The van der Waals surface area contributed by atoms with Crippen molar-refractivity contribution in [1.82, 2.24) is 0 Å². The van der Waals surface area contributed by atoms with Crippen LogP contribution >= 0.6 is 0 Å². The van der Waals surface area contributed by atoms with Gasteiger partial charge in [-0.1, -0.05) is 18.7 Å².